The molecular formula is C21H22O7. The smallest absolute Gasteiger partial charge is 0.331 e. The van der Waals surface area contributed by atoms with Gasteiger partial charge >= 0.3 is 11.9 Å². The van der Waals surface area contributed by atoms with E-state index < -0.39 is 11.9 Å². The number of hydrogen-bond donors (Lipinski definition) is 0. The van der Waals surface area contributed by atoms with Gasteiger partial charge in [-0.3, -0.25) is 4.79 Å². The van der Waals surface area contributed by atoms with E-state index in [1.165, 1.54) is 27.2 Å². The van der Waals surface area contributed by atoms with Crippen molar-refractivity contribution in [3.05, 3.63) is 53.6 Å². The third-order valence-corrected chi connectivity index (χ3v) is 3.66. The number of rotatable bonds is 8. The molecule has 0 aliphatic rings. The first kappa shape index (κ1) is 20.8. The average Bonchev–Trinajstić information content (AvgIpc) is 2.70. The van der Waals surface area contributed by atoms with Crippen LogP contribution < -0.4 is 18.9 Å². The van der Waals surface area contributed by atoms with Crippen LogP contribution in [-0.2, 0) is 20.9 Å². The lowest BCUT2D eigenvalue weighted by molar-refractivity contribution is -0.139. The van der Waals surface area contributed by atoms with E-state index in [-0.39, 0.29) is 12.4 Å². The Balaban J connectivity index is 2.09. The summed E-state index contributed by atoms with van der Waals surface area (Å²) in [4.78, 5) is 23.3. The highest BCUT2D eigenvalue weighted by Gasteiger charge is 2.15. The van der Waals surface area contributed by atoms with Crippen LogP contribution in [0.3, 0.4) is 0 Å². The van der Waals surface area contributed by atoms with Crippen LogP contribution in [0.2, 0.25) is 0 Å². The molecule has 0 heterocycles. The first-order chi connectivity index (χ1) is 13.5. The zero-order valence-corrected chi connectivity index (χ0v) is 16.2. The number of ether oxygens (including phenoxy) is 5. The summed E-state index contributed by atoms with van der Waals surface area (Å²) in [5, 5.41) is 0. The highest BCUT2D eigenvalue weighted by atomic mass is 16.6. The van der Waals surface area contributed by atoms with Crippen molar-refractivity contribution in [1.82, 2.24) is 0 Å². The van der Waals surface area contributed by atoms with Crippen molar-refractivity contribution < 1.29 is 33.3 Å². The molecule has 28 heavy (non-hydrogen) atoms. The summed E-state index contributed by atoms with van der Waals surface area (Å²) in [6.45, 7) is 1.41. The normalized spacial score (nSPS) is 10.4. The molecule has 0 saturated heterocycles. The monoisotopic (exact) mass is 386 g/mol. The number of hydrogen-bond acceptors (Lipinski definition) is 7. The van der Waals surface area contributed by atoms with Crippen molar-refractivity contribution in [2.75, 3.05) is 21.3 Å². The first-order valence-electron chi connectivity index (χ1n) is 8.39. The SMILES string of the molecule is COc1cccc(COC(=O)C=Cc2cc(OC)c(OC(C)=O)c(OC)c2)c1. The van der Waals surface area contributed by atoms with Gasteiger partial charge in [0.25, 0.3) is 0 Å². The molecule has 0 aliphatic carbocycles. The zero-order chi connectivity index (χ0) is 20.5. The Bertz CT molecular complexity index is 846. The first-order valence-corrected chi connectivity index (χ1v) is 8.39. The average molecular weight is 386 g/mol. The molecule has 0 aliphatic heterocycles. The summed E-state index contributed by atoms with van der Waals surface area (Å²) in [5.74, 6) is 0.468. The van der Waals surface area contributed by atoms with E-state index in [1.54, 1.807) is 31.4 Å². The molecule has 0 spiro atoms. The molecule has 0 bridgehead atoms. The fourth-order valence-electron chi connectivity index (χ4n) is 2.37. The maximum absolute atomic E-state index is 12.0. The lowest BCUT2D eigenvalue weighted by Gasteiger charge is -2.13. The van der Waals surface area contributed by atoms with Gasteiger partial charge in [-0.1, -0.05) is 12.1 Å². The highest BCUT2D eigenvalue weighted by molar-refractivity contribution is 5.87. The molecular weight excluding hydrogens is 364 g/mol. The number of benzene rings is 2. The van der Waals surface area contributed by atoms with Gasteiger partial charge in [-0.05, 0) is 41.5 Å². The summed E-state index contributed by atoms with van der Waals surface area (Å²) in [5.41, 5.74) is 1.43. The van der Waals surface area contributed by atoms with Crippen LogP contribution in [0.25, 0.3) is 6.08 Å². The topological polar surface area (TPSA) is 80.3 Å². The van der Waals surface area contributed by atoms with Gasteiger partial charge in [0, 0.05) is 13.0 Å². The standard InChI is InChI=1S/C21H22O7/c1-14(22)28-21-18(25-3)11-15(12-19(21)26-4)8-9-20(23)27-13-16-6-5-7-17(10-16)24-2/h5-12H,13H2,1-4H3. The van der Waals surface area contributed by atoms with Gasteiger partial charge < -0.3 is 23.7 Å². The summed E-state index contributed by atoms with van der Waals surface area (Å²) in [6, 6.07) is 10.5. The van der Waals surface area contributed by atoms with E-state index in [0.29, 0.717) is 22.8 Å². The fourth-order valence-corrected chi connectivity index (χ4v) is 2.37. The minimum absolute atomic E-state index is 0.123. The number of carbonyl (C=O) groups is 2. The Labute approximate surface area is 163 Å². The Morgan fingerprint density at radius 2 is 1.64 bits per heavy atom. The molecule has 0 N–H and O–H groups in total. The van der Waals surface area contributed by atoms with Gasteiger partial charge in [-0.15, -0.1) is 0 Å². The van der Waals surface area contributed by atoms with E-state index in [2.05, 4.69) is 0 Å². The maximum atomic E-state index is 12.0. The molecule has 0 aromatic heterocycles. The van der Waals surface area contributed by atoms with E-state index in [9.17, 15) is 9.59 Å². The third kappa shape index (κ3) is 5.77. The number of methoxy groups -OCH3 is 3. The summed E-state index contributed by atoms with van der Waals surface area (Å²) in [7, 11) is 4.46. The Morgan fingerprint density at radius 3 is 2.21 bits per heavy atom. The molecule has 148 valence electrons. The third-order valence-electron chi connectivity index (χ3n) is 3.66. The van der Waals surface area contributed by atoms with Gasteiger partial charge in [-0.25, -0.2) is 4.79 Å². The minimum Gasteiger partial charge on any atom is -0.497 e. The Morgan fingerprint density at radius 1 is 0.964 bits per heavy atom. The molecule has 0 radical (unpaired) electrons. The lowest BCUT2D eigenvalue weighted by Crippen LogP contribution is -2.05. The van der Waals surface area contributed by atoms with Crippen LogP contribution in [0, 0.1) is 0 Å². The summed E-state index contributed by atoms with van der Waals surface area (Å²) in [6.07, 6.45) is 2.84. The quantitative estimate of drug-likeness (QED) is 0.391. The van der Waals surface area contributed by atoms with E-state index in [4.69, 9.17) is 23.7 Å². The van der Waals surface area contributed by atoms with Crippen molar-refractivity contribution >= 4 is 18.0 Å². The number of esters is 2. The van der Waals surface area contributed by atoms with Gasteiger partial charge in [0.05, 0.1) is 21.3 Å². The van der Waals surface area contributed by atoms with Gasteiger partial charge in [0.2, 0.25) is 5.75 Å². The van der Waals surface area contributed by atoms with E-state index in [1.807, 2.05) is 18.2 Å². The zero-order valence-electron chi connectivity index (χ0n) is 16.2. The molecule has 0 amide bonds. The molecule has 0 unspecified atom stereocenters. The maximum Gasteiger partial charge on any atom is 0.331 e. The van der Waals surface area contributed by atoms with Crippen molar-refractivity contribution in [1.29, 1.82) is 0 Å². The fraction of sp³-hybridized carbons (Fsp3) is 0.238. The highest BCUT2D eigenvalue weighted by Crippen LogP contribution is 2.39. The molecule has 0 fully saturated rings. The van der Waals surface area contributed by atoms with E-state index in [0.717, 1.165) is 5.56 Å². The molecule has 0 saturated carbocycles. The Hall–Kier alpha value is -3.48. The molecule has 7 heteroatoms. The van der Waals surface area contributed by atoms with Crippen molar-refractivity contribution in [2.45, 2.75) is 13.5 Å². The second-order valence-corrected chi connectivity index (χ2v) is 5.64. The van der Waals surface area contributed by atoms with Crippen molar-refractivity contribution in [2.24, 2.45) is 0 Å². The second kappa shape index (κ2) is 10.0. The predicted molar refractivity (Wildman–Crippen MR) is 103 cm³/mol. The van der Waals surface area contributed by atoms with Gasteiger partial charge in [0.1, 0.15) is 12.4 Å². The number of carbonyl (C=O) groups excluding carboxylic acids is 2. The van der Waals surface area contributed by atoms with Crippen LogP contribution in [-0.4, -0.2) is 33.3 Å². The predicted octanol–water partition coefficient (Wildman–Crippen LogP) is 3.39. The largest absolute Gasteiger partial charge is 0.497 e. The molecule has 2 aromatic rings. The Kier molecular flexibility index (Phi) is 7.45. The second-order valence-electron chi connectivity index (χ2n) is 5.64. The molecule has 7 nitrogen and oxygen atoms in total. The molecule has 0 atom stereocenters. The van der Waals surface area contributed by atoms with Crippen LogP contribution >= 0.6 is 0 Å². The van der Waals surface area contributed by atoms with Crippen molar-refractivity contribution in [3.63, 3.8) is 0 Å². The summed E-state index contributed by atoms with van der Waals surface area (Å²) < 4.78 is 26.0. The lowest BCUT2D eigenvalue weighted by atomic mass is 10.1. The van der Waals surface area contributed by atoms with E-state index >= 15 is 0 Å². The summed E-state index contributed by atoms with van der Waals surface area (Å²) >= 11 is 0. The van der Waals surface area contributed by atoms with Gasteiger partial charge in [0.15, 0.2) is 11.5 Å². The molecule has 2 aromatic carbocycles. The van der Waals surface area contributed by atoms with Gasteiger partial charge in [-0.2, -0.15) is 0 Å². The van der Waals surface area contributed by atoms with Crippen LogP contribution in [0.5, 0.6) is 23.0 Å². The minimum atomic E-state index is -0.509. The van der Waals surface area contributed by atoms with Crippen molar-refractivity contribution in [3.8, 4) is 23.0 Å². The molecule has 2 rings (SSSR count). The van der Waals surface area contributed by atoms with Crippen LogP contribution in [0.1, 0.15) is 18.1 Å². The van der Waals surface area contributed by atoms with Crippen LogP contribution in [0.4, 0.5) is 0 Å². The van der Waals surface area contributed by atoms with Crippen LogP contribution in [0.15, 0.2) is 42.5 Å².